The molecule has 3 aromatic carbocycles. The van der Waals surface area contributed by atoms with Crippen molar-refractivity contribution in [3.05, 3.63) is 99.8 Å². The number of allylic oxidation sites excluding steroid dienone is 1. The zero-order valence-corrected chi connectivity index (χ0v) is 19.5. The Hall–Kier alpha value is -3.64. The number of carbonyl (C=O) groups is 2. The van der Waals surface area contributed by atoms with Crippen LogP contribution in [0.2, 0.25) is 0 Å². The number of halogens is 1. The second-order valence-corrected chi connectivity index (χ2v) is 8.62. The maximum absolute atomic E-state index is 12.9. The second kappa shape index (κ2) is 8.71. The number of ketones is 2. The molecule has 1 aromatic heterocycles. The maximum atomic E-state index is 12.9. The van der Waals surface area contributed by atoms with Crippen LogP contribution in [-0.4, -0.2) is 22.7 Å². The second-order valence-electron chi connectivity index (χ2n) is 7.70. The summed E-state index contributed by atoms with van der Waals surface area (Å²) in [5, 5.41) is 1.06. The predicted molar refractivity (Wildman–Crippen MR) is 131 cm³/mol. The van der Waals surface area contributed by atoms with E-state index >= 15 is 0 Å². The average molecular weight is 502 g/mol. The van der Waals surface area contributed by atoms with Gasteiger partial charge in [0, 0.05) is 45.3 Å². The van der Waals surface area contributed by atoms with Gasteiger partial charge in [0.1, 0.15) is 11.5 Å². The topological polar surface area (TPSA) is 57.5 Å². The molecule has 1 aliphatic heterocycles. The molecule has 1 aliphatic rings. The summed E-state index contributed by atoms with van der Waals surface area (Å²) in [6.45, 7) is 2.81. The van der Waals surface area contributed by atoms with Gasteiger partial charge in [-0.25, -0.2) is 0 Å². The summed E-state index contributed by atoms with van der Waals surface area (Å²) < 4.78 is 14.6. The van der Waals surface area contributed by atoms with Crippen molar-refractivity contribution in [3.8, 4) is 11.5 Å². The lowest BCUT2D eigenvalue weighted by molar-refractivity contribution is 0.0921. The highest BCUT2D eigenvalue weighted by Crippen LogP contribution is 2.36. The Morgan fingerprint density at radius 3 is 2.67 bits per heavy atom. The van der Waals surface area contributed by atoms with E-state index in [0.717, 1.165) is 27.5 Å². The molecule has 0 amide bonds. The number of aromatic nitrogens is 1. The number of nitrogens with zero attached hydrogens (tertiary/aromatic N) is 1. The summed E-state index contributed by atoms with van der Waals surface area (Å²) in [5.74, 6) is 0.866. The van der Waals surface area contributed by atoms with E-state index < -0.39 is 0 Å². The van der Waals surface area contributed by atoms with Crippen LogP contribution in [0.25, 0.3) is 17.0 Å². The number of benzene rings is 3. The third-order valence-corrected chi connectivity index (χ3v) is 6.15. The molecule has 2 heterocycles. The normalized spacial score (nSPS) is 13.9. The maximum Gasteiger partial charge on any atom is 0.231 e. The molecule has 0 unspecified atom stereocenters. The van der Waals surface area contributed by atoms with Crippen molar-refractivity contribution in [1.82, 2.24) is 4.57 Å². The monoisotopic (exact) mass is 501 g/mol. The molecule has 0 aliphatic carbocycles. The summed E-state index contributed by atoms with van der Waals surface area (Å²) in [5.41, 5.74) is 3.09. The summed E-state index contributed by atoms with van der Waals surface area (Å²) in [4.78, 5) is 25.3. The number of fused-ring (bicyclic) bond motifs is 2. The molecule has 0 N–H and O–H groups in total. The van der Waals surface area contributed by atoms with Crippen LogP contribution in [-0.2, 0) is 6.54 Å². The van der Waals surface area contributed by atoms with E-state index in [1.807, 2.05) is 36.5 Å². The zero-order chi connectivity index (χ0) is 22.9. The third kappa shape index (κ3) is 4.10. The van der Waals surface area contributed by atoms with E-state index in [-0.39, 0.29) is 23.9 Å². The minimum Gasteiger partial charge on any atom is -0.485 e. The number of aryl methyl sites for hydroxylation is 1. The fourth-order valence-corrected chi connectivity index (χ4v) is 4.18. The molecule has 5 nitrogen and oxygen atoms in total. The molecule has 164 valence electrons. The van der Waals surface area contributed by atoms with Crippen molar-refractivity contribution in [2.45, 2.75) is 13.5 Å². The Morgan fingerprint density at radius 1 is 1.09 bits per heavy atom. The largest absolute Gasteiger partial charge is 0.485 e. The van der Waals surface area contributed by atoms with Crippen LogP contribution in [0.15, 0.2) is 83.2 Å². The lowest BCUT2D eigenvalue weighted by atomic mass is 10.1. The van der Waals surface area contributed by atoms with E-state index in [0.29, 0.717) is 22.6 Å². The highest BCUT2D eigenvalue weighted by atomic mass is 79.9. The molecule has 0 bridgehead atoms. The van der Waals surface area contributed by atoms with Crippen LogP contribution in [0.4, 0.5) is 0 Å². The Bertz CT molecular complexity index is 1420. The number of hydrogen-bond acceptors (Lipinski definition) is 4. The number of rotatable bonds is 6. The van der Waals surface area contributed by atoms with E-state index in [1.54, 1.807) is 36.4 Å². The fourth-order valence-electron chi connectivity index (χ4n) is 3.92. The molecule has 4 aromatic rings. The predicted octanol–water partition coefficient (Wildman–Crippen LogP) is 6.30. The number of carbonyl (C=O) groups excluding carboxylic acids is 2. The van der Waals surface area contributed by atoms with Gasteiger partial charge in [-0.1, -0.05) is 46.3 Å². The van der Waals surface area contributed by atoms with Gasteiger partial charge >= 0.3 is 0 Å². The SMILES string of the molecule is CCn1cc(/C=C2\Oc3cc(OCC(=O)c4ccc(Br)cc4)ccc3C2=O)c2ccccc21. The molecular weight excluding hydrogens is 482 g/mol. The Morgan fingerprint density at radius 2 is 1.88 bits per heavy atom. The van der Waals surface area contributed by atoms with Gasteiger partial charge in [0.05, 0.1) is 5.56 Å². The fraction of sp³-hybridized carbons (Fsp3) is 0.111. The van der Waals surface area contributed by atoms with Crippen LogP contribution in [0.1, 0.15) is 33.2 Å². The zero-order valence-electron chi connectivity index (χ0n) is 17.9. The highest BCUT2D eigenvalue weighted by Gasteiger charge is 2.28. The van der Waals surface area contributed by atoms with Crippen molar-refractivity contribution in [2.24, 2.45) is 0 Å². The van der Waals surface area contributed by atoms with Gasteiger partial charge < -0.3 is 14.0 Å². The Labute approximate surface area is 199 Å². The minimum atomic E-state index is -0.171. The first-order chi connectivity index (χ1) is 16.0. The number of Topliss-reactive ketones (excluding diaryl/α,β-unsaturated/α-hetero) is 2. The van der Waals surface area contributed by atoms with Crippen molar-refractivity contribution >= 4 is 44.5 Å². The van der Waals surface area contributed by atoms with Gasteiger partial charge in [0.25, 0.3) is 0 Å². The smallest absolute Gasteiger partial charge is 0.231 e. The molecule has 0 spiro atoms. The van der Waals surface area contributed by atoms with E-state index in [4.69, 9.17) is 9.47 Å². The molecule has 0 saturated carbocycles. The molecule has 0 atom stereocenters. The average Bonchev–Trinajstić information content (AvgIpc) is 3.35. The van der Waals surface area contributed by atoms with Crippen LogP contribution in [0, 0.1) is 0 Å². The van der Waals surface area contributed by atoms with Crippen LogP contribution < -0.4 is 9.47 Å². The van der Waals surface area contributed by atoms with E-state index in [2.05, 4.69) is 33.5 Å². The van der Waals surface area contributed by atoms with Crippen molar-refractivity contribution in [3.63, 3.8) is 0 Å². The summed E-state index contributed by atoms with van der Waals surface area (Å²) >= 11 is 3.36. The molecule has 33 heavy (non-hydrogen) atoms. The summed E-state index contributed by atoms with van der Waals surface area (Å²) in [6.07, 6.45) is 3.81. The number of para-hydroxylation sites is 1. The first-order valence-corrected chi connectivity index (χ1v) is 11.4. The Balaban J connectivity index is 1.35. The molecule has 5 rings (SSSR count). The number of ether oxygens (including phenoxy) is 2. The van der Waals surface area contributed by atoms with Gasteiger partial charge in [-0.3, -0.25) is 9.59 Å². The first-order valence-electron chi connectivity index (χ1n) is 10.6. The van der Waals surface area contributed by atoms with Gasteiger partial charge in [0.2, 0.25) is 5.78 Å². The molecule has 0 saturated heterocycles. The summed E-state index contributed by atoms with van der Waals surface area (Å²) in [7, 11) is 0. The number of hydrogen-bond donors (Lipinski definition) is 0. The van der Waals surface area contributed by atoms with E-state index in [1.165, 1.54) is 0 Å². The van der Waals surface area contributed by atoms with Crippen LogP contribution in [0.5, 0.6) is 11.5 Å². The lowest BCUT2D eigenvalue weighted by Gasteiger charge is -2.07. The van der Waals surface area contributed by atoms with Crippen molar-refractivity contribution in [2.75, 3.05) is 6.61 Å². The Kier molecular flexibility index (Phi) is 5.60. The van der Waals surface area contributed by atoms with Gasteiger partial charge in [-0.2, -0.15) is 0 Å². The van der Waals surface area contributed by atoms with Gasteiger partial charge in [-0.05, 0) is 43.3 Å². The molecule has 6 heteroatoms. The molecule has 0 radical (unpaired) electrons. The van der Waals surface area contributed by atoms with Gasteiger partial charge in [0.15, 0.2) is 18.1 Å². The lowest BCUT2D eigenvalue weighted by Crippen LogP contribution is -2.11. The first kappa shape index (κ1) is 21.2. The molecule has 0 fully saturated rings. The van der Waals surface area contributed by atoms with Crippen LogP contribution >= 0.6 is 15.9 Å². The highest BCUT2D eigenvalue weighted by molar-refractivity contribution is 9.10. The third-order valence-electron chi connectivity index (χ3n) is 5.62. The summed E-state index contributed by atoms with van der Waals surface area (Å²) in [6, 6.07) is 20.2. The molecular formula is C27H20BrNO4. The minimum absolute atomic E-state index is 0.104. The standard InChI is InChI=1S/C27H20BrNO4/c1-2-29-15-18(21-5-3-4-6-23(21)29)13-26-27(31)22-12-11-20(14-25(22)33-26)32-16-24(30)17-7-9-19(28)10-8-17/h3-15H,2,16H2,1H3/b26-13-. The van der Waals surface area contributed by atoms with Crippen molar-refractivity contribution < 1.29 is 19.1 Å². The van der Waals surface area contributed by atoms with Gasteiger partial charge in [-0.15, -0.1) is 0 Å². The van der Waals surface area contributed by atoms with Crippen LogP contribution in [0.3, 0.4) is 0 Å². The van der Waals surface area contributed by atoms with Crippen molar-refractivity contribution in [1.29, 1.82) is 0 Å². The van der Waals surface area contributed by atoms with E-state index in [9.17, 15) is 9.59 Å². The quantitative estimate of drug-likeness (QED) is 0.229.